The molecule has 0 fully saturated rings. The van der Waals surface area contributed by atoms with Crippen LogP contribution in [0.25, 0.3) is 0 Å². The van der Waals surface area contributed by atoms with Gasteiger partial charge < -0.3 is 9.84 Å². The quantitative estimate of drug-likeness (QED) is 0.583. The Morgan fingerprint density at radius 1 is 1.83 bits per heavy atom. The Bertz CT molecular complexity index is 241. The van der Waals surface area contributed by atoms with Gasteiger partial charge in [-0.1, -0.05) is 0 Å². The summed E-state index contributed by atoms with van der Waals surface area (Å²) < 4.78 is 4.38. The van der Waals surface area contributed by atoms with Crippen LogP contribution in [0.3, 0.4) is 0 Å². The molecule has 0 amide bonds. The number of rotatable bonds is 2. The molecule has 0 saturated heterocycles. The van der Waals surface area contributed by atoms with Crippen LogP contribution >= 0.6 is 0 Å². The monoisotopic (exact) mass is 170 g/mol. The van der Waals surface area contributed by atoms with E-state index in [1.165, 1.54) is 13.2 Å². The minimum absolute atomic E-state index is 0.0353. The number of carbonyl (C=O) groups excluding carboxylic acids is 2. The van der Waals surface area contributed by atoms with Gasteiger partial charge in [0, 0.05) is 12.0 Å². The molecule has 1 N–H and O–H groups in total. The minimum atomic E-state index is -0.725. The van der Waals surface area contributed by atoms with Crippen LogP contribution in [0.15, 0.2) is 11.6 Å². The van der Waals surface area contributed by atoms with Gasteiger partial charge in [-0.3, -0.25) is 9.59 Å². The first-order valence-corrected chi connectivity index (χ1v) is 3.62. The second-order valence-electron chi connectivity index (χ2n) is 2.64. The molecule has 0 heterocycles. The van der Waals surface area contributed by atoms with Crippen molar-refractivity contribution in [2.45, 2.75) is 18.9 Å². The molecule has 0 unspecified atom stereocenters. The predicted molar refractivity (Wildman–Crippen MR) is 40.3 cm³/mol. The molecule has 4 nitrogen and oxygen atoms in total. The molecular weight excluding hydrogens is 160 g/mol. The Kier molecular flexibility index (Phi) is 2.60. The highest BCUT2D eigenvalue weighted by Crippen LogP contribution is 2.17. The maximum Gasteiger partial charge on any atom is 0.310 e. The van der Waals surface area contributed by atoms with E-state index >= 15 is 0 Å². The summed E-state index contributed by atoms with van der Waals surface area (Å²) in [5, 5.41) is 9.01. The van der Waals surface area contributed by atoms with Gasteiger partial charge in [0.05, 0.1) is 19.6 Å². The van der Waals surface area contributed by atoms with Crippen molar-refractivity contribution in [1.29, 1.82) is 0 Å². The number of ketones is 1. The van der Waals surface area contributed by atoms with Gasteiger partial charge in [0.2, 0.25) is 0 Å². The van der Waals surface area contributed by atoms with E-state index in [1.54, 1.807) is 0 Å². The second-order valence-corrected chi connectivity index (χ2v) is 2.64. The summed E-state index contributed by atoms with van der Waals surface area (Å²) in [6.45, 7) is 0. The number of carbonyl (C=O) groups is 2. The summed E-state index contributed by atoms with van der Waals surface area (Å²) in [7, 11) is 1.26. The molecule has 0 bridgehead atoms. The Morgan fingerprint density at radius 2 is 2.50 bits per heavy atom. The van der Waals surface area contributed by atoms with E-state index in [2.05, 4.69) is 4.74 Å². The summed E-state index contributed by atoms with van der Waals surface area (Å²) >= 11 is 0. The van der Waals surface area contributed by atoms with Crippen LogP contribution < -0.4 is 0 Å². The van der Waals surface area contributed by atoms with Crippen LogP contribution in [0, 0.1) is 0 Å². The lowest BCUT2D eigenvalue weighted by Crippen LogP contribution is -2.06. The number of esters is 1. The summed E-state index contributed by atoms with van der Waals surface area (Å²) in [5.41, 5.74) is 0.356. The molecule has 1 rings (SSSR count). The molecule has 0 aromatic rings. The number of aliphatic hydroxyl groups is 1. The molecule has 0 aliphatic heterocycles. The van der Waals surface area contributed by atoms with Crippen molar-refractivity contribution in [3.8, 4) is 0 Å². The number of methoxy groups -OCH3 is 1. The first-order chi connectivity index (χ1) is 5.63. The van der Waals surface area contributed by atoms with Crippen molar-refractivity contribution in [3.63, 3.8) is 0 Å². The van der Waals surface area contributed by atoms with E-state index < -0.39 is 12.1 Å². The number of Topliss-reactive ketones (excluding diaryl/α,β-unsaturated/α-hetero) is 1. The van der Waals surface area contributed by atoms with Crippen LogP contribution in [0.2, 0.25) is 0 Å². The van der Waals surface area contributed by atoms with Crippen molar-refractivity contribution >= 4 is 11.8 Å². The topological polar surface area (TPSA) is 63.6 Å². The summed E-state index contributed by atoms with van der Waals surface area (Å²) in [5.74, 6) is -0.628. The van der Waals surface area contributed by atoms with Gasteiger partial charge in [0.1, 0.15) is 0 Å². The fourth-order valence-electron chi connectivity index (χ4n) is 1.09. The van der Waals surface area contributed by atoms with E-state index in [0.29, 0.717) is 5.57 Å². The molecule has 66 valence electrons. The zero-order chi connectivity index (χ0) is 9.14. The SMILES string of the molecule is COC(=O)CC1=C[C@H](O)CC1=O. The third-order valence-electron chi connectivity index (χ3n) is 1.71. The van der Waals surface area contributed by atoms with Crippen molar-refractivity contribution in [2.24, 2.45) is 0 Å². The highest BCUT2D eigenvalue weighted by Gasteiger charge is 2.23. The van der Waals surface area contributed by atoms with E-state index in [1.807, 2.05) is 0 Å². The third-order valence-corrected chi connectivity index (χ3v) is 1.71. The molecule has 1 aliphatic rings. The van der Waals surface area contributed by atoms with Crippen LogP contribution in [-0.2, 0) is 14.3 Å². The molecule has 0 aromatic heterocycles. The van der Waals surface area contributed by atoms with E-state index in [-0.39, 0.29) is 18.6 Å². The van der Waals surface area contributed by atoms with Gasteiger partial charge in [0.25, 0.3) is 0 Å². The van der Waals surface area contributed by atoms with E-state index in [9.17, 15) is 9.59 Å². The second kappa shape index (κ2) is 3.49. The lowest BCUT2D eigenvalue weighted by atomic mass is 10.1. The van der Waals surface area contributed by atoms with Gasteiger partial charge in [-0.25, -0.2) is 0 Å². The summed E-state index contributed by atoms with van der Waals surface area (Å²) in [6.07, 6.45) is 0.731. The van der Waals surface area contributed by atoms with E-state index in [0.717, 1.165) is 0 Å². The average Bonchev–Trinajstić information content (AvgIpc) is 2.30. The molecule has 0 aromatic carbocycles. The van der Waals surface area contributed by atoms with Crippen LogP contribution in [0.4, 0.5) is 0 Å². The molecule has 12 heavy (non-hydrogen) atoms. The summed E-state index contributed by atoms with van der Waals surface area (Å²) in [6, 6.07) is 0. The van der Waals surface area contributed by atoms with E-state index in [4.69, 9.17) is 5.11 Å². The third kappa shape index (κ3) is 1.92. The largest absolute Gasteiger partial charge is 0.469 e. The Balaban J connectivity index is 2.58. The Labute approximate surface area is 69.8 Å². The van der Waals surface area contributed by atoms with Crippen molar-refractivity contribution in [1.82, 2.24) is 0 Å². The fourth-order valence-corrected chi connectivity index (χ4v) is 1.09. The number of hydrogen-bond donors (Lipinski definition) is 1. The van der Waals surface area contributed by atoms with Gasteiger partial charge >= 0.3 is 5.97 Å². The highest BCUT2D eigenvalue weighted by atomic mass is 16.5. The number of aliphatic hydroxyl groups excluding tert-OH is 1. The minimum Gasteiger partial charge on any atom is -0.469 e. The van der Waals surface area contributed by atoms with Crippen LogP contribution in [0.5, 0.6) is 0 Å². The maximum absolute atomic E-state index is 11.0. The Morgan fingerprint density at radius 3 is 2.92 bits per heavy atom. The molecule has 0 spiro atoms. The molecule has 0 radical (unpaired) electrons. The highest BCUT2D eigenvalue weighted by molar-refractivity contribution is 6.01. The van der Waals surface area contributed by atoms with Gasteiger partial charge in [-0.2, -0.15) is 0 Å². The Hall–Kier alpha value is -1.16. The molecule has 0 saturated carbocycles. The standard InChI is InChI=1S/C8H10O4/c1-12-8(11)3-5-2-6(9)4-7(5)10/h2,6,9H,3-4H2,1H3/t6-/m0/s1. The number of hydrogen-bond acceptors (Lipinski definition) is 4. The zero-order valence-corrected chi connectivity index (χ0v) is 6.74. The lowest BCUT2D eigenvalue weighted by Gasteiger charge is -1.97. The van der Waals surface area contributed by atoms with Gasteiger partial charge in [-0.15, -0.1) is 0 Å². The zero-order valence-electron chi connectivity index (χ0n) is 6.74. The first kappa shape index (κ1) is 8.93. The van der Waals surface area contributed by atoms with Crippen LogP contribution in [-0.4, -0.2) is 30.1 Å². The molecule has 1 aliphatic carbocycles. The molecular formula is C8H10O4. The maximum atomic E-state index is 11.0. The lowest BCUT2D eigenvalue weighted by molar-refractivity contribution is -0.140. The average molecular weight is 170 g/mol. The number of ether oxygens (including phenoxy) is 1. The fraction of sp³-hybridized carbons (Fsp3) is 0.500. The van der Waals surface area contributed by atoms with Crippen LogP contribution in [0.1, 0.15) is 12.8 Å². The molecule has 4 heteroatoms. The predicted octanol–water partition coefficient (Wildman–Crippen LogP) is -0.190. The first-order valence-electron chi connectivity index (χ1n) is 3.62. The van der Waals surface area contributed by atoms with Gasteiger partial charge in [0.15, 0.2) is 5.78 Å². The van der Waals surface area contributed by atoms with Crippen molar-refractivity contribution in [2.75, 3.05) is 7.11 Å². The van der Waals surface area contributed by atoms with Gasteiger partial charge in [-0.05, 0) is 6.08 Å². The van der Waals surface area contributed by atoms with Crippen molar-refractivity contribution < 1.29 is 19.4 Å². The summed E-state index contributed by atoms with van der Waals surface area (Å²) in [4.78, 5) is 21.7. The normalized spacial score (nSPS) is 22.3. The smallest absolute Gasteiger partial charge is 0.310 e. The molecule has 1 atom stereocenters. The van der Waals surface area contributed by atoms with Crippen molar-refractivity contribution in [3.05, 3.63) is 11.6 Å².